The molecule has 2 fully saturated rings. The van der Waals surface area contributed by atoms with E-state index < -0.39 is 29.9 Å². The number of piperazine rings is 1. The maximum Gasteiger partial charge on any atom is 0.310 e. The second-order valence-corrected chi connectivity index (χ2v) is 10.4. The lowest BCUT2D eigenvalue weighted by atomic mass is 9.79. The second-order valence-electron chi connectivity index (χ2n) is 10.4. The van der Waals surface area contributed by atoms with Gasteiger partial charge in [0.05, 0.1) is 11.8 Å². The average Bonchev–Trinajstić information content (AvgIpc) is 2.92. The van der Waals surface area contributed by atoms with E-state index in [1.807, 2.05) is 24.3 Å². The van der Waals surface area contributed by atoms with Crippen LogP contribution < -0.4 is 4.74 Å². The van der Waals surface area contributed by atoms with Gasteiger partial charge < -0.3 is 19.5 Å². The first-order valence-electron chi connectivity index (χ1n) is 13.6. The van der Waals surface area contributed by atoms with Gasteiger partial charge in [0.2, 0.25) is 0 Å². The summed E-state index contributed by atoms with van der Waals surface area (Å²) in [5.41, 5.74) is 2.40. The summed E-state index contributed by atoms with van der Waals surface area (Å²) in [7, 11) is 2.11. The Balaban J connectivity index is 1.42. The van der Waals surface area contributed by atoms with Crippen molar-refractivity contribution in [2.45, 2.75) is 44.6 Å². The van der Waals surface area contributed by atoms with E-state index in [0.717, 1.165) is 63.2 Å². The number of hydrogen-bond acceptors (Lipinski definition) is 6. The maximum atomic E-state index is 13.2. The van der Waals surface area contributed by atoms with Crippen LogP contribution in [0.15, 0.2) is 54.6 Å². The number of nitrogens with zero attached hydrogens (tertiary/aromatic N) is 2. The highest BCUT2D eigenvalue weighted by Crippen LogP contribution is 2.31. The van der Waals surface area contributed by atoms with Gasteiger partial charge in [-0.25, -0.2) is 0 Å². The van der Waals surface area contributed by atoms with Crippen molar-refractivity contribution in [3.8, 4) is 5.75 Å². The topological polar surface area (TPSA) is 79.3 Å². The first-order valence-corrected chi connectivity index (χ1v) is 13.6. The lowest BCUT2D eigenvalue weighted by molar-refractivity contribution is -0.165. The highest BCUT2D eigenvalue weighted by molar-refractivity contribution is 5.81. The van der Waals surface area contributed by atoms with Crippen LogP contribution in [0.1, 0.15) is 36.8 Å². The van der Waals surface area contributed by atoms with Crippen molar-refractivity contribution in [2.75, 3.05) is 46.4 Å². The van der Waals surface area contributed by atoms with Gasteiger partial charge in [0.15, 0.2) is 0 Å². The molecule has 7 heteroatoms. The summed E-state index contributed by atoms with van der Waals surface area (Å²) >= 11 is 0. The number of likely N-dealkylation sites (N-methyl/N-ethyl adjacent to an activating group) is 1. The van der Waals surface area contributed by atoms with E-state index in [1.165, 1.54) is 5.56 Å². The van der Waals surface area contributed by atoms with Crippen molar-refractivity contribution < 1.29 is 24.2 Å². The van der Waals surface area contributed by atoms with E-state index in [0.29, 0.717) is 19.4 Å². The molecule has 3 unspecified atom stereocenters. The molecular weight excluding hydrogens is 468 g/mol. The first-order chi connectivity index (χ1) is 18.0. The number of rotatable bonds is 11. The molecule has 4 rings (SSSR count). The fourth-order valence-electron chi connectivity index (χ4n) is 5.36. The Morgan fingerprint density at radius 3 is 2.32 bits per heavy atom. The summed E-state index contributed by atoms with van der Waals surface area (Å²) in [5.74, 6) is -1.74. The zero-order chi connectivity index (χ0) is 26.0. The lowest BCUT2D eigenvalue weighted by Gasteiger charge is -2.35. The molecule has 1 saturated heterocycles. The van der Waals surface area contributed by atoms with Crippen molar-refractivity contribution in [3.63, 3.8) is 0 Å². The fraction of sp³-hybridized carbons (Fsp3) is 0.533. The molecule has 1 N–H and O–H groups in total. The van der Waals surface area contributed by atoms with Crippen LogP contribution in [0.25, 0.3) is 0 Å². The highest BCUT2D eigenvalue weighted by atomic mass is 16.6. The molecule has 200 valence electrons. The fourth-order valence-corrected chi connectivity index (χ4v) is 5.36. The zero-order valence-corrected chi connectivity index (χ0v) is 21.9. The van der Waals surface area contributed by atoms with Gasteiger partial charge >= 0.3 is 11.9 Å². The lowest BCUT2D eigenvalue weighted by Crippen LogP contribution is -2.49. The smallest absolute Gasteiger partial charge is 0.310 e. The number of carboxylic acids is 1. The third kappa shape index (κ3) is 8.04. The SMILES string of the molecule is CN1CCN(CC(COc2ccccc2CCc2ccccc2)OC(=O)C2CCCCC2C(=O)O)CC1. The van der Waals surface area contributed by atoms with Crippen molar-refractivity contribution in [2.24, 2.45) is 11.8 Å². The number of hydrogen-bond donors (Lipinski definition) is 1. The van der Waals surface area contributed by atoms with Gasteiger partial charge in [0, 0.05) is 32.7 Å². The van der Waals surface area contributed by atoms with Gasteiger partial charge in [-0.1, -0.05) is 61.4 Å². The minimum absolute atomic E-state index is 0.241. The van der Waals surface area contributed by atoms with Crippen LogP contribution in [0, 0.1) is 11.8 Å². The number of benzene rings is 2. The number of carbonyl (C=O) groups is 2. The number of aliphatic carboxylic acids is 1. The summed E-state index contributed by atoms with van der Waals surface area (Å²) in [6.07, 6.45) is 4.11. The van der Waals surface area contributed by atoms with Crippen LogP contribution in [0.5, 0.6) is 5.75 Å². The predicted octanol–water partition coefficient (Wildman–Crippen LogP) is 3.90. The molecule has 3 atom stereocenters. The predicted molar refractivity (Wildman–Crippen MR) is 143 cm³/mol. The van der Waals surface area contributed by atoms with Gasteiger partial charge in [0.1, 0.15) is 18.5 Å². The quantitative estimate of drug-likeness (QED) is 0.461. The van der Waals surface area contributed by atoms with Gasteiger partial charge in [0.25, 0.3) is 0 Å². The molecule has 0 amide bonds. The van der Waals surface area contributed by atoms with Crippen LogP contribution in [-0.4, -0.2) is 79.3 Å². The van der Waals surface area contributed by atoms with Crippen LogP contribution in [0.2, 0.25) is 0 Å². The molecule has 1 aliphatic heterocycles. The van der Waals surface area contributed by atoms with E-state index in [-0.39, 0.29) is 6.61 Å². The number of carboxylic acid groups (broad SMARTS) is 1. The molecule has 0 spiro atoms. The largest absolute Gasteiger partial charge is 0.489 e. The molecule has 2 aliphatic rings. The number of ether oxygens (including phenoxy) is 2. The first kappa shape index (κ1) is 27.1. The molecule has 1 aliphatic carbocycles. The Morgan fingerprint density at radius 1 is 0.919 bits per heavy atom. The van der Waals surface area contributed by atoms with E-state index in [4.69, 9.17) is 9.47 Å². The number of aryl methyl sites for hydroxylation is 2. The second kappa shape index (κ2) is 13.6. The normalized spacial score (nSPS) is 21.8. The standard InChI is InChI=1S/C30H40N2O5/c1-31-17-19-32(20-18-31)21-25(37-30(35)27-13-7-6-12-26(27)29(33)34)22-36-28-14-8-5-11-24(28)16-15-23-9-3-2-4-10-23/h2-5,8-11,14,25-27H,6-7,12-13,15-22H2,1H3,(H,33,34). The summed E-state index contributed by atoms with van der Waals surface area (Å²) < 4.78 is 12.3. The molecule has 2 aromatic rings. The molecule has 2 aromatic carbocycles. The Bertz CT molecular complexity index is 1010. The van der Waals surface area contributed by atoms with Gasteiger partial charge in [-0.05, 0) is 49.9 Å². The van der Waals surface area contributed by atoms with E-state index in [1.54, 1.807) is 0 Å². The molecular formula is C30H40N2O5. The molecule has 1 heterocycles. The average molecular weight is 509 g/mol. The van der Waals surface area contributed by atoms with Crippen LogP contribution >= 0.6 is 0 Å². The third-order valence-electron chi connectivity index (χ3n) is 7.65. The van der Waals surface area contributed by atoms with Crippen molar-refractivity contribution in [1.29, 1.82) is 0 Å². The molecule has 7 nitrogen and oxygen atoms in total. The zero-order valence-electron chi connectivity index (χ0n) is 21.9. The number of para-hydroxylation sites is 1. The van der Waals surface area contributed by atoms with Crippen LogP contribution in [-0.2, 0) is 27.2 Å². The Morgan fingerprint density at radius 2 is 1.59 bits per heavy atom. The molecule has 37 heavy (non-hydrogen) atoms. The maximum absolute atomic E-state index is 13.2. The molecule has 0 bridgehead atoms. The summed E-state index contributed by atoms with van der Waals surface area (Å²) in [6.45, 7) is 4.56. The highest BCUT2D eigenvalue weighted by Gasteiger charge is 2.38. The van der Waals surface area contributed by atoms with Crippen LogP contribution in [0.4, 0.5) is 0 Å². The van der Waals surface area contributed by atoms with Gasteiger partial charge in [-0.3, -0.25) is 14.5 Å². The monoisotopic (exact) mass is 508 g/mol. The summed E-state index contributed by atoms with van der Waals surface area (Å²) in [6, 6.07) is 18.4. The number of carbonyl (C=O) groups excluding carboxylic acids is 1. The summed E-state index contributed by atoms with van der Waals surface area (Å²) in [5, 5.41) is 9.65. The van der Waals surface area contributed by atoms with E-state index in [9.17, 15) is 14.7 Å². The van der Waals surface area contributed by atoms with Crippen molar-refractivity contribution >= 4 is 11.9 Å². The Labute approximate surface area is 220 Å². The van der Waals surface area contributed by atoms with E-state index in [2.05, 4.69) is 47.2 Å². The third-order valence-corrected chi connectivity index (χ3v) is 7.65. The Kier molecular flexibility index (Phi) is 9.97. The van der Waals surface area contributed by atoms with Gasteiger partial charge in [-0.15, -0.1) is 0 Å². The van der Waals surface area contributed by atoms with Crippen molar-refractivity contribution in [3.05, 3.63) is 65.7 Å². The van der Waals surface area contributed by atoms with E-state index >= 15 is 0 Å². The van der Waals surface area contributed by atoms with Crippen LogP contribution in [0.3, 0.4) is 0 Å². The molecule has 0 aromatic heterocycles. The summed E-state index contributed by atoms with van der Waals surface area (Å²) in [4.78, 5) is 29.5. The van der Waals surface area contributed by atoms with Crippen molar-refractivity contribution in [1.82, 2.24) is 9.80 Å². The van der Waals surface area contributed by atoms with Gasteiger partial charge in [-0.2, -0.15) is 0 Å². The minimum atomic E-state index is -0.902. The minimum Gasteiger partial charge on any atom is -0.489 e. The molecule has 0 radical (unpaired) electrons. The Hall–Kier alpha value is -2.90. The number of esters is 1. The molecule has 1 saturated carbocycles.